The lowest BCUT2D eigenvalue weighted by atomic mass is 10.1. The van der Waals surface area contributed by atoms with Gasteiger partial charge in [0.2, 0.25) is 0 Å². The molecule has 0 saturated carbocycles. The van der Waals surface area contributed by atoms with E-state index in [2.05, 4.69) is 36.5 Å². The summed E-state index contributed by atoms with van der Waals surface area (Å²) in [5.41, 5.74) is 4.22. The van der Waals surface area contributed by atoms with Crippen LogP contribution in [0, 0.1) is 5.82 Å². The van der Waals surface area contributed by atoms with Crippen molar-refractivity contribution in [2.75, 3.05) is 5.32 Å². The topological polar surface area (TPSA) is 21.3 Å². The van der Waals surface area contributed by atoms with E-state index in [1.54, 1.807) is 6.07 Å². The first kappa shape index (κ1) is 18.3. The van der Waals surface area contributed by atoms with Gasteiger partial charge < -0.3 is 10.1 Å². The number of halogens is 2. The van der Waals surface area contributed by atoms with Crippen LogP contribution < -0.4 is 10.1 Å². The highest BCUT2D eigenvalue weighted by atomic mass is 35.5. The molecule has 0 aliphatic carbocycles. The first-order chi connectivity index (χ1) is 12.6. The van der Waals surface area contributed by atoms with Crippen molar-refractivity contribution in [1.82, 2.24) is 0 Å². The Morgan fingerprint density at radius 1 is 0.923 bits per heavy atom. The van der Waals surface area contributed by atoms with E-state index >= 15 is 0 Å². The zero-order valence-corrected chi connectivity index (χ0v) is 15.4. The molecule has 0 amide bonds. The van der Waals surface area contributed by atoms with Crippen LogP contribution in [0.25, 0.3) is 0 Å². The van der Waals surface area contributed by atoms with Gasteiger partial charge in [-0.25, -0.2) is 4.39 Å². The molecular formula is C22H21ClFNO. The van der Waals surface area contributed by atoms with Crippen molar-refractivity contribution < 1.29 is 9.13 Å². The Balaban J connectivity index is 1.58. The van der Waals surface area contributed by atoms with Crippen molar-refractivity contribution >= 4 is 17.3 Å². The highest BCUT2D eigenvalue weighted by molar-refractivity contribution is 6.32. The Hall–Kier alpha value is -2.52. The molecule has 3 aromatic rings. The van der Waals surface area contributed by atoms with Gasteiger partial charge in [0.15, 0.2) is 0 Å². The molecule has 3 rings (SSSR count). The molecular weight excluding hydrogens is 349 g/mol. The van der Waals surface area contributed by atoms with Crippen LogP contribution in [-0.2, 0) is 19.6 Å². The zero-order chi connectivity index (χ0) is 18.4. The third-order valence-corrected chi connectivity index (χ3v) is 4.43. The third kappa shape index (κ3) is 4.99. The monoisotopic (exact) mass is 369 g/mol. The summed E-state index contributed by atoms with van der Waals surface area (Å²) in [6.07, 6.45) is 1.03. The van der Waals surface area contributed by atoms with Gasteiger partial charge in [-0.2, -0.15) is 0 Å². The maximum Gasteiger partial charge on any atom is 0.138 e. The van der Waals surface area contributed by atoms with E-state index in [9.17, 15) is 4.39 Å². The summed E-state index contributed by atoms with van der Waals surface area (Å²) in [5, 5.41) is 3.93. The second-order valence-electron chi connectivity index (χ2n) is 6.09. The summed E-state index contributed by atoms with van der Waals surface area (Å²) in [4.78, 5) is 0. The van der Waals surface area contributed by atoms with E-state index in [0.29, 0.717) is 17.3 Å². The normalized spacial score (nSPS) is 10.6. The summed E-state index contributed by atoms with van der Waals surface area (Å²) in [6, 6.07) is 20.5. The molecule has 0 fully saturated rings. The molecule has 0 spiro atoms. The highest BCUT2D eigenvalue weighted by Gasteiger charge is 2.05. The first-order valence-corrected chi connectivity index (χ1v) is 9.00. The number of aryl methyl sites for hydroxylation is 1. The molecule has 26 heavy (non-hydrogen) atoms. The number of nitrogens with one attached hydrogen (secondary N) is 1. The number of ether oxygens (including phenoxy) is 1. The van der Waals surface area contributed by atoms with Gasteiger partial charge in [0, 0.05) is 12.2 Å². The average molecular weight is 370 g/mol. The van der Waals surface area contributed by atoms with Gasteiger partial charge in [0.1, 0.15) is 18.2 Å². The Morgan fingerprint density at radius 2 is 1.69 bits per heavy atom. The summed E-state index contributed by atoms with van der Waals surface area (Å²) in [7, 11) is 0. The van der Waals surface area contributed by atoms with E-state index in [0.717, 1.165) is 23.2 Å². The minimum atomic E-state index is -0.273. The molecule has 0 radical (unpaired) electrons. The summed E-state index contributed by atoms with van der Waals surface area (Å²) in [6.45, 7) is 3.09. The molecule has 0 unspecified atom stereocenters. The van der Waals surface area contributed by atoms with Crippen molar-refractivity contribution in [3.8, 4) is 5.75 Å². The van der Waals surface area contributed by atoms with Crippen LogP contribution in [0.3, 0.4) is 0 Å². The maximum absolute atomic E-state index is 13.2. The number of rotatable bonds is 7. The Morgan fingerprint density at radius 3 is 2.38 bits per heavy atom. The standard InChI is InChI=1S/C22H21ClFNO/c1-2-16-6-9-20(10-7-16)25-14-17-8-11-22(21(23)13-17)26-15-18-4-3-5-19(24)12-18/h3-13,25H,2,14-15H2,1H3. The van der Waals surface area contributed by atoms with E-state index in [1.165, 1.54) is 17.7 Å². The van der Waals surface area contributed by atoms with Crippen molar-refractivity contribution in [3.63, 3.8) is 0 Å². The fraction of sp³-hybridized carbons (Fsp3) is 0.182. The zero-order valence-electron chi connectivity index (χ0n) is 14.6. The number of anilines is 1. The third-order valence-electron chi connectivity index (χ3n) is 4.14. The number of hydrogen-bond donors (Lipinski definition) is 1. The van der Waals surface area contributed by atoms with Crippen LogP contribution in [0.2, 0.25) is 5.02 Å². The smallest absolute Gasteiger partial charge is 0.138 e. The summed E-state index contributed by atoms with van der Waals surface area (Å²) in [5.74, 6) is 0.317. The molecule has 134 valence electrons. The predicted molar refractivity (Wildman–Crippen MR) is 105 cm³/mol. The van der Waals surface area contributed by atoms with Gasteiger partial charge in [0.25, 0.3) is 0 Å². The van der Waals surface area contributed by atoms with Crippen LogP contribution in [0.15, 0.2) is 66.7 Å². The van der Waals surface area contributed by atoms with Gasteiger partial charge in [-0.1, -0.05) is 48.9 Å². The van der Waals surface area contributed by atoms with Crippen LogP contribution in [-0.4, -0.2) is 0 Å². The second kappa shape index (κ2) is 8.72. The lowest BCUT2D eigenvalue weighted by Crippen LogP contribution is -2.01. The van der Waals surface area contributed by atoms with Crippen molar-refractivity contribution in [2.24, 2.45) is 0 Å². The molecule has 4 heteroatoms. The fourth-order valence-electron chi connectivity index (χ4n) is 2.62. The molecule has 0 saturated heterocycles. The summed E-state index contributed by atoms with van der Waals surface area (Å²) < 4.78 is 18.9. The minimum Gasteiger partial charge on any atom is -0.487 e. The van der Waals surface area contributed by atoms with Crippen LogP contribution in [0.1, 0.15) is 23.6 Å². The molecule has 2 nitrogen and oxygen atoms in total. The van der Waals surface area contributed by atoms with E-state index < -0.39 is 0 Å². The lowest BCUT2D eigenvalue weighted by Gasteiger charge is -2.11. The largest absolute Gasteiger partial charge is 0.487 e. The minimum absolute atomic E-state index is 0.273. The Kier molecular flexibility index (Phi) is 6.13. The van der Waals surface area contributed by atoms with Crippen molar-refractivity contribution in [1.29, 1.82) is 0 Å². The number of benzene rings is 3. The maximum atomic E-state index is 13.2. The van der Waals surface area contributed by atoms with Gasteiger partial charge in [-0.15, -0.1) is 0 Å². The lowest BCUT2D eigenvalue weighted by molar-refractivity contribution is 0.305. The fourth-order valence-corrected chi connectivity index (χ4v) is 2.88. The van der Waals surface area contributed by atoms with E-state index in [-0.39, 0.29) is 12.4 Å². The van der Waals surface area contributed by atoms with Crippen molar-refractivity contribution in [2.45, 2.75) is 26.5 Å². The quantitative estimate of drug-likeness (QED) is 0.532. The molecule has 0 bridgehead atoms. The van der Waals surface area contributed by atoms with Gasteiger partial charge in [-0.05, 0) is 59.5 Å². The first-order valence-electron chi connectivity index (χ1n) is 8.62. The van der Waals surface area contributed by atoms with Crippen LogP contribution in [0.4, 0.5) is 10.1 Å². The SMILES string of the molecule is CCc1ccc(NCc2ccc(OCc3cccc(F)c3)c(Cl)c2)cc1. The Bertz CT molecular complexity index is 864. The molecule has 1 N–H and O–H groups in total. The van der Waals surface area contributed by atoms with E-state index in [4.69, 9.17) is 16.3 Å². The molecule has 3 aromatic carbocycles. The highest BCUT2D eigenvalue weighted by Crippen LogP contribution is 2.27. The van der Waals surface area contributed by atoms with Gasteiger partial charge in [-0.3, -0.25) is 0 Å². The predicted octanol–water partition coefficient (Wildman–Crippen LogP) is 6.23. The average Bonchev–Trinajstić information content (AvgIpc) is 2.66. The molecule has 0 aliphatic heterocycles. The molecule has 0 atom stereocenters. The Labute approximate surface area is 158 Å². The van der Waals surface area contributed by atoms with Gasteiger partial charge >= 0.3 is 0 Å². The molecule has 0 aliphatic rings. The van der Waals surface area contributed by atoms with Gasteiger partial charge in [0.05, 0.1) is 5.02 Å². The molecule has 0 aromatic heterocycles. The second-order valence-corrected chi connectivity index (χ2v) is 6.49. The summed E-state index contributed by atoms with van der Waals surface area (Å²) >= 11 is 6.32. The van der Waals surface area contributed by atoms with Crippen LogP contribution >= 0.6 is 11.6 Å². The van der Waals surface area contributed by atoms with E-state index in [1.807, 2.05) is 24.3 Å². The van der Waals surface area contributed by atoms with Crippen molar-refractivity contribution in [3.05, 3.63) is 94.3 Å². The van der Waals surface area contributed by atoms with Crippen LogP contribution in [0.5, 0.6) is 5.75 Å². The number of hydrogen-bond acceptors (Lipinski definition) is 2. The molecule has 0 heterocycles.